The van der Waals surface area contributed by atoms with E-state index in [0.29, 0.717) is 0 Å². The number of nitrogens with one attached hydrogen (secondary N) is 1. The van der Waals surface area contributed by atoms with E-state index in [-0.39, 0.29) is 17.2 Å². The molecule has 1 aromatic heterocycles. The highest BCUT2D eigenvalue weighted by Gasteiger charge is 2.27. The van der Waals surface area contributed by atoms with Gasteiger partial charge in [-0.3, -0.25) is 9.78 Å². The molecule has 0 radical (unpaired) electrons. The van der Waals surface area contributed by atoms with Crippen LogP contribution >= 0.6 is 0 Å². The molecule has 0 aliphatic rings. The zero-order chi connectivity index (χ0) is 18.4. The van der Waals surface area contributed by atoms with E-state index in [1.165, 1.54) is 20.2 Å². The van der Waals surface area contributed by atoms with Crippen LogP contribution in [0.15, 0.2) is 47.6 Å². The van der Waals surface area contributed by atoms with E-state index in [2.05, 4.69) is 10.3 Å². The van der Waals surface area contributed by atoms with Crippen LogP contribution in [0.4, 0.5) is 4.39 Å². The van der Waals surface area contributed by atoms with Gasteiger partial charge in [-0.15, -0.1) is 0 Å². The van der Waals surface area contributed by atoms with Crippen LogP contribution < -0.4 is 10.1 Å². The van der Waals surface area contributed by atoms with Crippen LogP contribution in [0.5, 0.6) is 5.75 Å². The molecule has 1 aromatic carbocycles. The van der Waals surface area contributed by atoms with Crippen molar-refractivity contribution in [1.29, 1.82) is 0 Å². The van der Waals surface area contributed by atoms with E-state index in [1.54, 1.807) is 24.5 Å². The van der Waals surface area contributed by atoms with Gasteiger partial charge in [-0.2, -0.15) is 4.31 Å². The summed E-state index contributed by atoms with van der Waals surface area (Å²) in [7, 11) is -1.56. The largest absolute Gasteiger partial charge is 0.495 e. The number of likely N-dealkylation sites (N-methyl/N-ethyl adjacent to an activating group) is 1. The molecule has 0 saturated heterocycles. The summed E-state index contributed by atoms with van der Waals surface area (Å²) in [6.07, 6.45) is 3.18. The molecule has 7 nitrogen and oxygen atoms in total. The number of carbonyl (C=O) groups is 1. The monoisotopic (exact) mass is 367 g/mol. The summed E-state index contributed by atoms with van der Waals surface area (Å²) in [4.78, 5) is 15.5. The number of benzene rings is 1. The van der Waals surface area contributed by atoms with Gasteiger partial charge < -0.3 is 10.1 Å². The molecule has 0 aliphatic carbocycles. The van der Waals surface area contributed by atoms with Gasteiger partial charge in [0.25, 0.3) is 0 Å². The minimum absolute atomic E-state index is 0.00504. The molecule has 1 heterocycles. The third kappa shape index (κ3) is 4.74. The third-order valence-electron chi connectivity index (χ3n) is 3.42. The Kier molecular flexibility index (Phi) is 6.05. The summed E-state index contributed by atoms with van der Waals surface area (Å²) in [6.45, 7) is -0.161. The highest BCUT2D eigenvalue weighted by Crippen LogP contribution is 2.26. The van der Waals surface area contributed by atoms with Crippen molar-refractivity contribution in [3.8, 4) is 5.75 Å². The van der Waals surface area contributed by atoms with Crippen molar-refractivity contribution in [2.24, 2.45) is 0 Å². The SMILES string of the molecule is COc1ccc(F)cc1S(=O)(=O)N(C)CC(=O)NCc1ccncc1. The average molecular weight is 367 g/mol. The molecule has 0 unspecified atom stereocenters. The molecule has 1 N–H and O–H groups in total. The maximum atomic E-state index is 13.4. The average Bonchev–Trinajstić information content (AvgIpc) is 2.60. The number of nitrogens with zero attached hydrogens (tertiary/aromatic N) is 2. The number of halogens is 1. The summed E-state index contributed by atoms with van der Waals surface area (Å²) in [6, 6.07) is 6.65. The van der Waals surface area contributed by atoms with Crippen LogP contribution in [0.3, 0.4) is 0 Å². The molecular formula is C16H18FN3O4S. The van der Waals surface area contributed by atoms with Gasteiger partial charge in [-0.05, 0) is 35.9 Å². The molecule has 134 valence electrons. The normalized spacial score (nSPS) is 11.4. The zero-order valence-electron chi connectivity index (χ0n) is 13.8. The molecule has 0 spiro atoms. The Hall–Kier alpha value is -2.52. The van der Waals surface area contributed by atoms with E-state index in [1.807, 2.05) is 0 Å². The van der Waals surface area contributed by atoms with Gasteiger partial charge in [0.15, 0.2) is 0 Å². The second-order valence-electron chi connectivity index (χ2n) is 5.19. The number of ether oxygens (including phenoxy) is 1. The molecule has 2 rings (SSSR count). The van der Waals surface area contributed by atoms with E-state index in [9.17, 15) is 17.6 Å². The van der Waals surface area contributed by atoms with E-state index < -0.39 is 28.3 Å². The fourth-order valence-electron chi connectivity index (χ4n) is 2.06. The van der Waals surface area contributed by atoms with Gasteiger partial charge in [0.1, 0.15) is 16.5 Å². The highest BCUT2D eigenvalue weighted by molar-refractivity contribution is 7.89. The first-order valence-electron chi connectivity index (χ1n) is 7.30. The van der Waals surface area contributed by atoms with Gasteiger partial charge in [-0.25, -0.2) is 12.8 Å². The predicted molar refractivity (Wildman–Crippen MR) is 88.9 cm³/mol. The van der Waals surface area contributed by atoms with Crippen molar-refractivity contribution in [3.05, 3.63) is 54.1 Å². The van der Waals surface area contributed by atoms with Crippen LogP contribution in [-0.4, -0.2) is 44.3 Å². The van der Waals surface area contributed by atoms with Gasteiger partial charge in [0.2, 0.25) is 15.9 Å². The van der Waals surface area contributed by atoms with Gasteiger partial charge in [0, 0.05) is 26.0 Å². The molecule has 0 atom stereocenters. The van der Waals surface area contributed by atoms with Crippen molar-refractivity contribution >= 4 is 15.9 Å². The van der Waals surface area contributed by atoms with Crippen LogP contribution in [0, 0.1) is 5.82 Å². The number of hydrogen-bond acceptors (Lipinski definition) is 5. The molecule has 1 amide bonds. The lowest BCUT2D eigenvalue weighted by Crippen LogP contribution is -2.38. The fraction of sp³-hybridized carbons (Fsp3) is 0.250. The van der Waals surface area contributed by atoms with Gasteiger partial charge >= 0.3 is 0 Å². The lowest BCUT2D eigenvalue weighted by atomic mass is 10.3. The Morgan fingerprint density at radius 1 is 1.28 bits per heavy atom. The van der Waals surface area contributed by atoms with Crippen molar-refractivity contribution in [3.63, 3.8) is 0 Å². The van der Waals surface area contributed by atoms with Crippen LogP contribution in [0.2, 0.25) is 0 Å². The van der Waals surface area contributed by atoms with Crippen LogP contribution in [0.25, 0.3) is 0 Å². The number of rotatable bonds is 7. The summed E-state index contributed by atoms with van der Waals surface area (Å²) >= 11 is 0. The standard InChI is InChI=1S/C16H18FN3O4S/c1-20(11-16(21)19-10-12-5-7-18-8-6-12)25(22,23)15-9-13(17)3-4-14(15)24-2/h3-9H,10-11H2,1-2H3,(H,19,21). The Morgan fingerprint density at radius 2 is 1.96 bits per heavy atom. The quantitative estimate of drug-likeness (QED) is 0.794. The number of pyridine rings is 1. The maximum Gasteiger partial charge on any atom is 0.247 e. The first kappa shape index (κ1) is 18.8. The Balaban J connectivity index is 2.07. The number of hydrogen-bond donors (Lipinski definition) is 1. The summed E-state index contributed by atoms with van der Waals surface area (Å²) < 4.78 is 44.4. The second-order valence-corrected chi connectivity index (χ2v) is 7.20. The molecule has 25 heavy (non-hydrogen) atoms. The second kappa shape index (κ2) is 8.04. The number of methoxy groups -OCH3 is 1. The van der Waals surface area contributed by atoms with E-state index in [0.717, 1.165) is 22.0 Å². The Morgan fingerprint density at radius 3 is 2.60 bits per heavy atom. The lowest BCUT2D eigenvalue weighted by molar-refractivity contribution is -0.121. The zero-order valence-corrected chi connectivity index (χ0v) is 14.6. The minimum Gasteiger partial charge on any atom is -0.495 e. The van der Waals surface area contributed by atoms with Crippen molar-refractivity contribution < 1.29 is 22.3 Å². The topological polar surface area (TPSA) is 88.6 Å². The number of sulfonamides is 1. The number of aromatic nitrogens is 1. The van der Waals surface area contributed by atoms with Crippen molar-refractivity contribution in [2.45, 2.75) is 11.4 Å². The molecule has 0 saturated carbocycles. The summed E-state index contributed by atoms with van der Waals surface area (Å²) in [5.74, 6) is -1.20. The smallest absolute Gasteiger partial charge is 0.247 e. The van der Waals surface area contributed by atoms with E-state index in [4.69, 9.17) is 4.74 Å². The van der Waals surface area contributed by atoms with Gasteiger partial charge in [-0.1, -0.05) is 0 Å². The molecule has 2 aromatic rings. The maximum absolute atomic E-state index is 13.4. The first-order chi connectivity index (χ1) is 11.8. The summed E-state index contributed by atoms with van der Waals surface area (Å²) in [5.41, 5.74) is 0.834. The Bertz CT molecular complexity index is 844. The fourth-order valence-corrected chi connectivity index (χ4v) is 3.35. The number of amides is 1. The van der Waals surface area contributed by atoms with E-state index >= 15 is 0 Å². The van der Waals surface area contributed by atoms with Crippen LogP contribution in [-0.2, 0) is 21.4 Å². The molecular weight excluding hydrogens is 349 g/mol. The predicted octanol–water partition coefficient (Wildman–Crippen LogP) is 1.17. The number of carbonyl (C=O) groups excluding carboxylic acids is 1. The van der Waals surface area contributed by atoms with Crippen molar-refractivity contribution in [2.75, 3.05) is 20.7 Å². The van der Waals surface area contributed by atoms with Crippen molar-refractivity contribution in [1.82, 2.24) is 14.6 Å². The van der Waals surface area contributed by atoms with Gasteiger partial charge in [0.05, 0.1) is 13.7 Å². The first-order valence-corrected chi connectivity index (χ1v) is 8.74. The minimum atomic E-state index is -4.08. The molecule has 0 bridgehead atoms. The molecule has 0 aliphatic heterocycles. The third-order valence-corrected chi connectivity index (χ3v) is 5.24. The van der Waals surface area contributed by atoms with Crippen LogP contribution in [0.1, 0.15) is 5.56 Å². The highest BCUT2D eigenvalue weighted by atomic mass is 32.2. The molecule has 0 fully saturated rings. The summed E-state index contributed by atoms with van der Waals surface area (Å²) in [5, 5.41) is 2.62. The Labute approximate surface area is 145 Å². The molecule has 9 heteroatoms. The lowest BCUT2D eigenvalue weighted by Gasteiger charge is -2.18.